The minimum Gasteiger partial charge on any atom is -0.480 e. The van der Waals surface area contributed by atoms with E-state index in [9.17, 15) is 4.79 Å². The molecular formula is C7H15NO5. The normalized spacial score (nSPS) is 15.3. The molecule has 0 aliphatic rings. The van der Waals surface area contributed by atoms with Gasteiger partial charge in [0.05, 0.1) is 19.3 Å². The summed E-state index contributed by atoms with van der Waals surface area (Å²) < 4.78 is 4.64. The van der Waals surface area contributed by atoms with Gasteiger partial charge in [-0.25, -0.2) is 0 Å². The molecule has 0 aromatic heterocycles. The third-order valence-corrected chi connectivity index (χ3v) is 1.44. The standard InChI is InChI=1S/C7H15NO5/c1-13-4-6(7(11)12)8-2-5(10)3-9/h5-6,8-10H,2-4H2,1H3,(H,11,12). The Kier molecular flexibility index (Phi) is 6.43. The molecule has 0 amide bonds. The smallest absolute Gasteiger partial charge is 0.323 e. The lowest BCUT2D eigenvalue weighted by Gasteiger charge is -2.15. The van der Waals surface area contributed by atoms with E-state index in [1.54, 1.807) is 0 Å². The average molecular weight is 193 g/mol. The number of carboxylic acid groups (broad SMARTS) is 1. The Labute approximate surface area is 76.1 Å². The largest absolute Gasteiger partial charge is 0.480 e. The maximum atomic E-state index is 10.5. The minimum absolute atomic E-state index is 0.0213. The van der Waals surface area contributed by atoms with Crippen molar-refractivity contribution in [3.63, 3.8) is 0 Å². The van der Waals surface area contributed by atoms with Crippen molar-refractivity contribution in [2.24, 2.45) is 0 Å². The quantitative estimate of drug-likeness (QED) is 0.374. The first-order valence-electron chi connectivity index (χ1n) is 3.85. The van der Waals surface area contributed by atoms with Gasteiger partial charge in [-0.15, -0.1) is 0 Å². The van der Waals surface area contributed by atoms with Gasteiger partial charge >= 0.3 is 5.97 Å². The summed E-state index contributed by atoms with van der Waals surface area (Å²) in [4.78, 5) is 10.5. The number of nitrogens with one attached hydrogen (secondary N) is 1. The highest BCUT2D eigenvalue weighted by atomic mass is 16.5. The first-order valence-corrected chi connectivity index (χ1v) is 3.85. The maximum Gasteiger partial charge on any atom is 0.323 e. The van der Waals surface area contributed by atoms with Gasteiger partial charge in [0, 0.05) is 13.7 Å². The van der Waals surface area contributed by atoms with E-state index in [2.05, 4.69) is 10.1 Å². The SMILES string of the molecule is COCC(NCC(O)CO)C(=O)O. The first kappa shape index (κ1) is 12.3. The predicted octanol–water partition coefficient (Wildman–Crippen LogP) is -1.97. The van der Waals surface area contributed by atoms with Crippen molar-refractivity contribution in [3.8, 4) is 0 Å². The van der Waals surface area contributed by atoms with E-state index in [1.807, 2.05) is 0 Å². The third kappa shape index (κ3) is 5.53. The molecular weight excluding hydrogens is 178 g/mol. The number of hydrogen-bond acceptors (Lipinski definition) is 5. The van der Waals surface area contributed by atoms with Gasteiger partial charge in [-0.2, -0.15) is 0 Å². The first-order chi connectivity index (χ1) is 6.11. The molecule has 0 bridgehead atoms. The molecule has 0 aromatic carbocycles. The number of hydrogen-bond donors (Lipinski definition) is 4. The van der Waals surface area contributed by atoms with Crippen LogP contribution in [-0.4, -0.2) is 60.3 Å². The molecule has 0 fully saturated rings. The zero-order valence-electron chi connectivity index (χ0n) is 7.43. The lowest BCUT2D eigenvalue weighted by Crippen LogP contribution is -2.44. The number of ether oxygens (including phenoxy) is 1. The number of carboxylic acids is 1. The van der Waals surface area contributed by atoms with Crippen LogP contribution >= 0.6 is 0 Å². The van der Waals surface area contributed by atoms with Crippen molar-refractivity contribution in [1.82, 2.24) is 5.32 Å². The second kappa shape index (κ2) is 6.79. The van der Waals surface area contributed by atoms with Crippen molar-refractivity contribution in [1.29, 1.82) is 0 Å². The van der Waals surface area contributed by atoms with E-state index in [-0.39, 0.29) is 13.2 Å². The summed E-state index contributed by atoms with van der Waals surface area (Å²) in [6, 6.07) is -0.855. The highest BCUT2D eigenvalue weighted by Gasteiger charge is 2.17. The summed E-state index contributed by atoms with van der Waals surface area (Å²) in [5.41, 5.74) is 0. The lowest BCUT2D eigenvalue weighted by molar-refractivity contribution is -0.141. The molecule has 2 unspecified atom stereocenters. The Hall–Kier alpha value is -0.690. The monoisotopic (exact) mass is 193 g/mol. The molecule has 0 saturated heterocycles. The lowest BCUT2D eigenvalue weighted by atomic mass is 10.3. The summed E-state index contributed by atoms with van der Waals surface area (Å²) in [5, 5.41) is 28.5. The van der Waals surface area contributed by atoms with Crippen LogP contribution in [0.2, 0.25) is 0 Å². The number of aliphatic hydroxyl groups excluding tert-OH is 2. The van der Waals surface area contributed by atoms with E-state index in [0.717, 1.165) is 0 Å². The second-order valence-corrected chi connectivity index (χ2v) is 2.59. The van der Waals surface area contributed by atoms with Crippen LogP contribution in [0.15, 0.2) is 0 Å². The maximum absolute atomic E-state index is 10.5. The molecule has 0 saturated carbocycles. The molecule has 6 heteroatoms. The van der Waals surface area contributed by atoms with Gasteiger partial charge in [-0.3, -0.25) is 10.1 Å². The van der Waals surface area contributed by atoms with Crippen molar-refractivity contribution < 1.29 is 24.9 Å². The van der Waals surface area contributed by atoms with Gasteiger partial charge in [0.25, 0.3) is 0 Å². The molecule has 0 heterocycles. The number of aliphatic hydroxyl groups is 2. The summed E-state index contributed by atoms with van der Waals surface area (Å²) in [7, 11) is 1.39. The van der Waals surface area contributed by atoms with Gasteiger partial charge in [0.1, 0.15) is 6.04 Å². The topological polar surface area (TPSA) is 99.0 Å². The molecule has 2 atom stereocenters. The number of carbonyl (C=O) groups is 1. The number of methoxy groups -OCH3 is 1. The molecule has 4 N–H and O–H groups in total. The molecule has 0 aliphatic carbocycles. The highest BCUT2D eigenvalue weighted by Crippen LogP contribution is 1.86. The van der Waals surface area contributed by atoms with Crippen molar-refractivity contribution in [2.45, 2.75) is 12.1 Å². The number of rotatable bonds is 7. The van der Waals surface area contributed by atoms with Crippen LogP contribution in [0.4, 0.5) is 0 Å². The Bertz CT molecular complexity index is 152. The van der Waals surface area contributed by atoms with Crippen molar-refractivity contribution in [2.75, 3.05) is 26.9 Å². The van der Waals surface area contributed by atoms with Gasteiger partial charge < -0.3 is 20.1 Å². The molecule has 0 rings (SSSR count). The second-order valence-electron chi connectivity index (χ2n) is 2.59. The van der Waals surface area contributed by atoms with Crippen molar-refractivity contribution >= 4 is 5.97 Å². The van der Waals surface area contributed by atoms with Crippen LogP contribution in [0, 0.1) is 0 Å². The Morgan fingerprint density at radius 1 is 1.62 bits per heavy atom. The highest BCUT2D eigenvalue weighted by molar-refractivity contribution is 5.73. The van der Waals surface area contributed by atoms with Crippen LogP contribution < -0.4 is 5.32 Å². The molecule has 0 spiro atoms. The van der Waals surface area contributed by atoms with Gasteiger partial charge in [0.15, 0.2) is 0 Å². The van der Waals surface area contributed by atoms with Crippen molar-refractivity contribution in [3.05, 3.63) is 0 Å². The van der Waals surface area contributed by atoms with E-state index in [1.165, 1.54) is 7.11 Å². The molecule has 13 heavy (non-hydrogen) atoms. The minimum atomic E-state index is -1.05. The summed E-state index contributed by atoms with van der Waals surface area (Å²) in [6.07, 6.45) is -0.946. The predicted molar refractivity (Wildman–Crippen MR) is 44.4 cm³/mol. The van der Waals surface area contributed by atoms with Gasteiger partial charge in [0.2, 0.25) is 0 Å². The molecule has 0 aromatic rings. The zero-order valence-corrected chi connectivity index (χ0v) is 7.43. The zero-order chi connectivity index (χ0) is 10.3. The summed E-state index contributed by atoms with van der Waals surface area (Å²) >= 11 is 0. The van der Waals surface area contributed by atoms with Crippen LogP contribution in [0.3, 0.4) is 0 Å². The van der Waals surface area contributed by atoms with Crippen LogP contribution in [0.1, 0.15) is 0 Å². The Balaban J connectivity index is 3.75. The van der Waals surface area contributed by atoms with Gasteiger partial charge in [-0.05, 0) is 0 Å². The van der Waals surface area contributed by atoms with Gasteiger partial charge in [-0.1, -0.05) is 0 Å². The number of aliphatic carboxylic acids is 1. The van der Waals surface area contributed by atoms with E-state index >= 15 is 0 Å². The fraction of sp³-hybridized carbons (Fsp3) is 0.857. The third-order valence-electron chi connectivity index (χ3n) is 1.44. The summed E-state index contributed by atoms with van der Waals surface area (Å²) in [6.45, 7) is -0.351. The Morgan fingerprint density at radius 3 is 2.62 bits per heavy atom. The van der Waals surface area contributed by atoms with E-state index in [4.69, 9.17) is 15.3 Å². The van der Waals surface area contributed by atoms with Crippen LogP contribution in [-0.2, 0) is 9.53 Å². The van der Waals surface area contributed by atoms with E-state index < -0.39 is 24.7 Å². The summed E-state index contributed by atoms with van der Waals surface area (Å²) in [5.74, 6) is -1.05. The molecule has 6 nitrogen and oxygen atoms in total. The fourth-order valence-corrected chi connectivity index (χ4v) is 0.727. The van der Waals surface area contributed by atoms with Crippen LogP contribution in [0.25, 0.3) is 0 Å². The molecule has 78 valence electrons. The Morgan fingerprint density at radius 2 is 2.23 bits per heavy atom. The van der Waals surface area contributed by atoms with Crippen LogP contribution in [0.5, 0.6) is 0 Å². The fourth-order valence-electron chi connectivity index (χ4n) is 0.727. The average Bonchev–Trinajstić information content (AvgIpc) is 2.11. The van der Waals surface area contributed by atoms with E-state index in [0.29, 0.717) is 0 Å². The molecule has 0 radical (unpaired) electrons. The molecule has 0 aliphatic heterocycles.